The Kier molecular flexibility index (Phi) is 3.57. The maximum Gasteiger partial charge on any atom is 0.278 e. The summed E-state index contributed by atoms with van der Waals surface area (Å²) in [5.74, 6) is 0. The van der Waals surface area contributed by atoms with Crippen LogP contribution >= 0.6 is 22.6 Å². The quantitative estimate of drug-likeness (QED) is 0.671. The van der Waals surface area contributed by atoms with Gasteiger partial charge in [0.15, 0.2) is 5.43 Å². The molecule has 0 aromatic carbocycles. The number of halogens is 3. The van der Waals surface area contributed by atoms with Crippen LogP contribution in [0.2, 0.25) is 0 Å². The monoisotopic (exact) mass is 310 g/mol. The molecule has 0 saturated heterocycles. The molecular formula is C8H5F2IN2O. The largest absolute Gasteiger partial charge is 0.349 e. The van der Waals surface area contributed by atoms with E-state index in [9.17, 15) is 13.6 Å². The molecule has 1 heterocycles. The molecule has 0 aliphatic carbocycles. The fourth-order valence-electron chi connectivity index (χ4n) is 0.936. The molecule has 0 aliphatic rings. The molecule has 0 unspecified atom stereocenters. The third-order valence-corrected chi connectivity index (χ3v) is 2.51. The van der Waals surface area contributed by atoms with Crippen molar-refractivity contribution in [2.75, 3.05) is 0 Å². The highest BCUT2D eigenvalue weighted by atomic mass is 127. The van der Waals surface area contributed by atoms with Crippen molar-refractivity contribution in [2.24, 2.45) is 0 Å². The smallest absolute Gasteiger partial charge is 0.278 e. The zero-order valence-electron chi connectivity index (χ0n) is 6.85. The van der Waals surface area contributed by atoms with Crippen LogP contribution in [0, 0.1) is 15.0 Å². The summed E-state index contributed by atoms with van der Waals surface area (Å²) in [5, 5.41) is 8.39. The molecule has 0 amide bonds. The predicted octanol–water partition coefficient (Wildman–Crippen LogP) is 1.98. The van der Waals surface area contributed by atoms with E-state index in [1.807, 2.05) is 0 Å². The van der Waals surface area contributed by atoms with E-state index in [4.69, 9.17) is 5.26 Å². The van der Waals surface area contributed by atoms with Gasteiger partial charge in [-0.25, -0.2) is 8.78 Å². The molecule has 0 aliphatic heterocycles. The van der Waals surface area contributed by atoms with Gasteiger partial charge >= 0.3 is 0 Å². The summed E-state index contributed by atoms with van der Waals surface area (Å²) in [4.78, 5) is 13.6. The van der Waals surface area contributed by atoms with Gasteiger partial charge in [0.1, 0.15) is 0 Å². The molecule has 6 heteroatoms. The Hall–Kier alpha value is -0.970. The molecule has 0 bridgehead atoms. The van der Waals surface area contributed by atoms with Crippen molar-refractivity contribution in [3.63, 3.8) is 0 Å². The number of nitrogens with zero attached hydrogens (tertiary/aromatic N) is 1. The summed E-state index contributed by atoms with van der Waals surface area (Å²) in [7, 11) is 0. The van der Waals surface area contributed by atoms with Crippen LogP contribution in [0.4, 0.5) is 8.78 Å². The lowest BCUT2D eigenvalue weighted by Gasteiger charge is -2.03. The second kappa shape index (κ2) is 4.50. The molecule has 74 valence electrons. The van der Waals surface area contributed by atoms with Crippen LogP contribution in [0.5, 0.6) is 0 Å². The van der Waals surface area contributed by atoms with Gasteiger partial charge in [0, 0.05) is 11.6 Å². The molecule has 1 N–H and O–H groups in total. The highest BCUT2D eigenvalue weighted by molar-refractivity contribution is 14.1. The van der Waals surface area contributed by atoms with E-state index in [1.54, 1.807) is 28.7 Å². The number of nitrogens with one attached hydrogen (secondary N) is 1. The summed E-state index contributed by atoms with van der Waals surface area (Å²) < 4.78 is 24.7. The van der Waals surface area contributed by atoms with Crippen LogP contribution in [-0.4, -0.2) is 4.98 Å². The number of H-pyrrole nitrogens is 1. The zero-order valence-corrected chi connectivity index (χ0v) is 9.01. The topological polar surface area (TPSA) is 56.6 Å². The number of nitriles is 1. The molecular weight excluding hydrogens is 305 g/mol. The van der Waals surface area contributed by atoms with E-state index >= 15 is 0 Å². The van der Waals surface area contributed by atoms with E-state index in [2.05, 4.69) is 4.98 Å². The molecule has 0 fully saturated rings. The van der Waals surface area contributed by atoms with Crippen molar-refractivity contribution in [1.29, 1.82) is 5.26 Å². The first kappa shape index (κ1) is 11.1. The zero-order chi connectivity index (χ0) is 10.7. The van der Waals surface area contributed by atoms with Crippen molar-refractivity contribution in [3.05, 3.63) is 31.2 Å². The fraction of sp³-hybridized carbons (Fsp3) is 0.250. The summed E-state index contributed by atoms with van der Waals surface area (Å²) in [6, 6.07) is 2.63. The van der Waals surface area contributed by atoms with Crippen LogP contribution in [-0.2, 0) is 6.42 Å². The summed E-state index contributed by atoms with van der Waals surface area (Å²) >= 11 is 1.73. The highest BCUT2D eigenvalue weighted by Crippen LogP contribution is 2.16. The van der Waals surface area contributed by atoms with Gasteiger partial charge in [-0.1, -0.05) is 0 Å². The molecule has 0 radical (unpaired) electrons. The molecule has 1 aromatic rings. The highest BCUT2D eigenvalue weighted by Gasteiger charge is 2.13. The third kappa shape index (κ3) is 2.29. The van der Waals surface area contributed by atoms with Crippen molar-refractivity contribution < 1.29 is 8.78 Å². The number of rotatable bonds is 2. The lowest BCUT2D eigenvalue weighted by molar-refractivity contribution is 0.145. The molecule has 1 rings (SSSR count). The minimum Gasteiger partial charge on any atom is -0.349 e. The minimum absolute atomic E-state index is 0.0723. The Labute approximate surface area is 91.9 Å². The van der Waals surface area contributed by atoms with Gasteiger partial charge in [-0.2, -0.15) is 5.26 Å². The maximum absolute atomic E-state index is 12.2. The molecule has 0 spiro atoms. The number of hydrogen-bond acceptors (Lipinski definition) is 2. The molecule has 1 aromatic heterocycles. The number of aromatic nitrogens is 1. The van der Waals surface area contributed by atoms with Crippen LogP contribution in [0.1, 0.15) is 17.7 Å². The Morgan fingerprint density at radius 3 is 2.71 bits per heavy atom. The fourth-order valence-corrected chi connectivity index (χ4v) is 1.70. The summed E-state index contributed by atoms with van der Waals surface area (Å²) in [5.41, 5.74) is -0.705. The molecule has 0 saturated carbocycles. The lowest BCUT2D eigenvalue weighted by atomic mass is 10.2. The van der Waals surface area contributed by atoms with Gasteiger partial charge in [0.25, 0.3) is 6.43 Å². The van der Waals surface area contributed by atoms with Crippen LogP contribution in [0.25, 0.3) is 0 Å². The Balaban J connectivity index is 3.27. The average molecular weight is 310 g/mol. The Bertz CT molecular complexity index is 436. The Morgan fingerprint density at radius 1 is 1.64 bits per heavy atom. The van der Waals surface area contributed by atoms with Gasteiger partial charge in [0.2, 0.25) is 0 Å². The number of aromatic amines is 1. The summed E-state index contributed by atoms with van der Waals surface area (Å²) in [6.45, 7) is 0. The lowest BCUT2D eigenvalue weighted by Crippen LogP contribution is -2.13. The predicted molar refractivity (Wildman–Crippen MR) is 54.1 cm³/mol. The van der Waals surface area contributed by atoms with Crippen molar-refractivity contribution in [3.8, 4) is 6.07 Å². The summed E-state index contributed by atoms with van der Waals surface area (Å²) in [6.07, 6.45) is -2.77. The SMILES string of the molecule is N#CCc1c(I)[nH]c(C(F)F)cc1=O. The first-order valence-corrected chi connectivity index (χ1v) is 4.71. The van der Waals surface area contributed by atoms with Crippen LogP contribution < -0.4 is 5.43 Å². The van der Waals surface area contributed by atoms with E-state index in [1.165, 1.54) is 0 Å². The Morgan fingerprint density at radius 2 is 2.29 bits per heavy atom. The molecule has 3 nitrogen and oxygen atoms in total. The van der Waals surface area contributed by atoms with E-state index < -0.39 is 17.5 Å². The molecule has 14 heavy (non-hydrogen) atoms. The van der Waals surface area contributed by atoms with Crippen LogP contribution in [0.3, 0.4) is 0 Å². The standard InChI is InChI=1S/C8H5F2IN2O/c9-7(10)5-3-6(14)4(1-2-12)8(11)13-5/h3,7H,1H2,(H,13,14). The third-order valence-electron chi connectivity index (χ3n) is 1.59. The van der Waals surface area contributed by atoms with Gasteiger partial charge < -0.3 is 4.98 Å². The van der Waals surface area contributed by atoms with Gasteiger partial charge in [-0.15, -0.1) is 0 Å². The second-order valence-electron chi connectivity index (χ2n) is 2.52. The second-order valence-corrected chi connectivity index (χ2v) is 3.60. The van der Waals surface area contributed by atoms with E-state index in [0.29, 0.717) is 3.70 Å². The normalized spacial score (nSPS) is 10.2. The maximum atomic E-state index is 12.2. The van der Waals surface area contributed by atoms with E-state index in [0.717, 1.165) is 6.07 Å². The molecule has 0 atom stereocenters. The van der Waals surface area contributed by atoms with Crippen molar-refractivity contribution in [1.82, 2.24) is 4.98 Å². The number of alkyl halides is 2. The first-order valence-electron chi connectivity index (χ1n) is 3.63. The van der Waals surface area contributed by atoms with Crippen LogP contribution in [0.15, 0.2) is 10.9 Å². The van der Waals surface area contributed by atoms with Gasteiger partial charge in [0.05, 0.1) is 21.9 Å². The average Bonchev–Trinajstić information content (AvgIpc) is 2.10. The van der Waals surface area contributed by atoms with Gasteiger partial charge in [-0.05, 0) is 22.6 Å². The van der Waals surface area contributed by atoms with Gasteiger partial charge in [-0.3, -0.25) is 4.79 Å². The number of hydrogen-bond donors (Lipinski definition) is 1. The number of pyridine rings is 1. The van der Waals surface area contributed by atoms with Crippen molar-refractivity contribution >= 4 is 22.6 Å². The minimum atomic E-state index is -2.70. The van der Waals surface area contributed by atoms with Crippen molar-refractivity contribution in [2.45, 2.75) is 12.8 Å². The first-order chi connectivity index (χ1) is 6.56. The van der Waals surface area contributed by atoms with E-state index in [-0.39, 0.29) is 12.0 Å².